The summed E-state index contributed by atoms with van der Waals surface area (Å²) in [6, 6.07) is 8.49. The highest BCUT2D eigenvalue weighted by Crippen LogP contribution is 2.28. The first-order valence-corrected chi connectivity index (χ1v) is 8.71. The number of hydrogen-bond donors (Lipinski definition) is 2. The number of benzene rings is 1. The van der Waals surface area contributed by atoms with Gasteiger partial charge in [0.2, 0.25) is 0 Å². The van der Waals surface area contributed by atoms with Crippen LogP contribution in [-0.2, 0) is 9.47 Å². The van der Waals surface area contributed by atoms with E-state index < -0.39 is 5.97 Å². The number of anilines is 2. The highest BCUT2D eigenvalue weighted by Gasteiger charge is 2.16. The number of rotatable bonds is 5. The van der Waals surface area contributed by atoms with Crippen LogP contribution < -0.4 is 10.6 Å². The molecule has 1 heterocycles. The van der Waals surface area contributed by atoms with Crippen LogP contribution in [0.15, 0.2) is 30.3 Å². The van der Waals surface area contributed by atoms with Gasteiger partial charge < -0.3 is 20.1 Å². The molecule has 0 atom stereocenters. The molecule has 0 unspecified atom stereocenters. The molecule has 25 heavy (non-hydrogen) atoms. The van der Waals surface area contributed by atoms with Crippen LogP contribution in [-0.4, -0.2) is 30.8 Å². The summed E-state index contributed by atoms with van der Waals surface area (Å²) in [5.41, 5.74) is 1.61. The van der Waals surface area contributed by atoms with Crippen molar-refractivity contribution in [3.63, 3.8) is 0 Å². The van der Waals surface area contributed by atoms with Crippen LogP contribution in [0.4, 0.5) is 10.7 Å². The maximum atomic E-state index is 11.8. The molecule has 2 rings (SSSR count). The van der Waals surface area contributed by atoms with Crippen molar-refractivity contribution in [2.24, 2.45) is 0 Å². The van der Waals surface area contributed by atoms with Gasteiger partial charge >= 0.3 is 11.9 Å². The van der Waals surface area contributed by atoms with Gasteiger partial charge in [-0.05, 0) is 56.4 Å². The third-order valence-electron chi connectivity index (χ3n) is 3.14. The predicted octanol–water partition coefficient (Wildman–Crippen LogP) is 3.83. The number of nitrogens with one attached hydrogen (secondary N) is 2. The molecule has 0 amide bonds. The molecular formula is C17H18N2O4S2. The van der Waals surface area contributed by atoms with Gasteiger partial charge in [0.1, 0.15) is 5.00 Å². The van der Waals surface area contributed by atoms with Crippen molar-refractivity contribution in [3.05, 3.63) is 46.3 Å². The molecule has 1 aromatic heterocycles. The maximum absolute atomic E-state index is 11.8. The summed E-state index contributed by atoms with van der Waals surface area (Å²) in [5.74, 6) is -0.792. The molecule has 0 fully saturated rings. The number of thiocarbonyl (C=S) groups is 1. The average Bonchev–Trinajstić information content (AvgIpc) is 2.95. The SMILES string of the molecule is CCOC(=O)c1ccc(NC(=S)Nc2sc(C)cc2C(=O)OC)cc1. The molecular weight excluding hydrogens is 360 g/mol. The first-order chi connectivity index (χ1) is 11.9. The van der Waals surface area contributed by atoms with Gasteiger partial charge in [-0.25, -0.2) is 9.59 Å². The van der Waals surface area contributed by atoms with Crippen LogP contribution in [0.2, 0.25) is 0 Å². The van der Waals surface area contributed by atoms with Gasteiger partial charge in [0.15, 0.2) is 5.11 Å². The van der Waals surface area contributed by atoms with Crippen LogP contribution in [0.3, 0.4) is 0 Å². The van der Waals surface area contributed by atoms with Crippen molar-refractivity contribution < 1.29 is 19.1 Å². The van der Waals surface area contributed by atoms with Crippen molar-refractivity contribution in [1.29, 1.82) is 0 Å². The first kappa shape index (κ1) is 18.9. The van der Waals surface area contributed by atoms with E-state index in [4.69, 9.17) is 21.7 Å². The molecule has 0 aliphatic heterocycles. The minimum atomic E-state index is -0.423. The average molecular weight is 378 g/mol. The number of ether oxygens (including phenoxy) is 2. The van der Waals surface area contributed by atoms with Crippen LogP contribution in [0.25, 0.3) is 0 Å². The van der Waals surface area contributed by atoms with E-state index >= 15 is 0 Å². The Morgan fingerprint density at radius 1 is 1.16 bits per heavy atom. The number of aryl methyl sites for hydroxylation is 1. The molecule has 0 bridgehead atoms. The zero-order chi connectivity index (χ0) is 18.4. The molecule has 0 saturated carbocycles. The Balaban J connectivity index is 2.03. The maximum Gasteiger partial charge on any atom is 0.340 e. The van der Waals surface area contributed by atoms with Gasteiger partial charge in [-0.1, -0.05) is 0 Å². The van der Waals surface area contributed by atoms with Crippen LogP contribution >= 0.6 is 23.6 Å². The summed E-state index contributed by atoms with van der Waals surface area (Å²) < 4.78 is 9.70. The van der Waals surface area contributed by atoms with Crippen LogP contribution in [0, 0.1) is 6.92 Å². The molecule has 6 nitrogen and oxygen atoms in total. The quantitative estimate of drug-likeness (QED) is 0.605. The first-order valence-electron chi connectivity index (χ1n) is 7.48. The number of carbonyl (C=O) groups excluding carboxylic acids is 2. The van der Waals surface area contributed by atoms with Gasteiger partial charge in [0.25, 0.3) is 0 Å². The van der Waals surface area contributed by atoms with E-state index in [9.17, 15) is 9.59 Å². The van der Waals surface area contributed by atoms with E-state index in [0.29, 0.717) is 33.5 Å². The monoisotopic (exact) mass is 378 g/mol. The number of esters is 2. The molecule has 8 heteroatoms. The van der Waals surface area contributed by atoms with Crippen molar-refractivity contribution in [1.82, 2.24) is 0 Å². The molecule has 0 aliphatic rings. The van der Waals surface area contributed by atoms with E-state index in [2.05, 4.69) is 10.6 Å². The summed E-state index contributed by atoms with van der Waals surface area (Å²) in [7, 11) is 1.33. The number of thiophene rings is 1. The molecule has 2 aromatic rings. The van der Waals surface area contributed by atoms with E-state index in [1.807, 2.05) is 6.92 Å². The minimum Gasteiger partial charge on any atom is -0.465 e. The molecule has 2 N–H and O–H groups in total. The Morgan fingerprint density at radius 3 is 2.44 bits per heavy atom. The number of hydrogen-bond acceptors (Lipinski definition) is 6. The zero-order valence-corrected chi connectivity index (χ0v) is 15.7. The largest absolute Gasteiger partial charge is 0.465 e. The van der Waals surface area contributed by atoms with Gasteiger partial charge in [-0.2, -0.15) is 0 Å². The number of methoxy groups -OCH3 is 1. The highest BCUT2D eigenvalue weighted by atomic mass is 32.1. The fourth-order valence-corrected chi connectivity index (χ4v) is 3.23. The summed E-state index contributed by atoms with van der Waals surface area (Å²) in [5, 5.41) is 6.95. The van der Waals surface area contributed by atoms with Crippen molar-refractivity contribution in [2.75, 3.05) is 24.4 Å². The second-order valence-corrected chi connectivity index (χ2v) is 6.63. The lowest BCUT2D eigenvalue weighted by molar-refractivity contribution is 0.0525. The van der Waals surface area contributed by atoms with E-state index in [1.165, 1.54) is 18.4 Å². The molecule has 1 aromatic carbocycles. The third kappa shape index (κ3) is 5.01. The third-order valence-corrected chi connectivity index (χ3v) is 4.31. The molecule has 132 valence electrons. The lowest BCUT2D eigenvalue weighted by atomic mass is 10.2. The zero-order valence-electron chi connectivity index (χ0n) is 14.0. The smallest absolute Gasteiger partial charge is 0.340 e. The van der Waals surface area contributed by atoms with Gasteiger partial charge in [0.05, 0.1) is 24.8 Å². The second-order valence-electron chi connectivity index (χ2n) is 4.97. The summed E-state index contributed by atoms with van der Waals surface area (Å²) in [6.07, 6.45) is 0. The normalized spacial score (nSPS) is 10.0. The van der Waals surface area contributed by atoms with Crippen molar-refractivity contribution >= 4 is 51.3 Å². The summed E-state index contributed by atoms with van der Waals surface area (Å²) in [6.45, 7) is 3.98. The van der Waals surface area contributed by atoms with Gasteiger partial charge in [0, 0.05) is 10.6 Å². The molecule has 0 aliphatic carbocycles. The van der Waals surface area contributed by atoms with Crippen molar-refractivity contribution in [2.45, 2.75) is 13.8 Å². The Morgan fingerprint density at radius 2 is 1.84 bits per heavy atom. The lowest BCUT2D eigenvalue weighted by Gasteiger charge is -2.11. The van der Waals surface area contributed by atoms with Gasteiger partial charge in [-0.15, -0.1) is 11.3 Å². The van der Waals surface area contributed by atoms with Crippen LogP contribution in [0.1, 0.15) is 32.5 Å². The fraction of sp³-hybridized carbons (Fsp3) is 0.235. The fourth-order valence-electron chi connectivity index (χ4n) is 2.04. The molecule has 0 radical (unpaired) electrons. The van der Waals surface area contributed by atoms with Gasteiger partial charge in [-0.3, -0.25) is 0 Å². The Kier molecular flexibility index (Phi) is 6.49. The number of carbonyl (C=O) groups is 2. The predicted molar refractivity (Wildman–Crippen MR) is 103 cm³/mol. The Hall–Kier alpha value is -2.45. The second kappa shape index (κ2) is 8.59. The summed E-state index contributed by atoms with van der Waals surface area (Å²) in [4.78, 5) is 24.4. The topological polar surface area (TPSA) is 76.7 Å². The standard InChI is InChI=1S/C17H18N2O4S2/c1-4-23-15(20)11-5-7-12(8-6-11)18-17(24)19-14-13(16(21)22-3)9-10(2)25-14/h5-9H,4H2,1-3H3,(H2,18,19,24). The Bertz CT molecular complexity index is 784. The highest BCUT2D eigenvalue weighted by molar-refractivity contribution is 7.80. The Labute approximate surface area is 155 Å². The van der Waals surface area contributed by atoms with E-state index in [1.54, 1.807) is 37.3 Å². The lowest BCUT2D eigenvalue weighted by Crippen LogP contribution is -2.20. The molecule has 0 spiro atoms. The van der Waals surface area contributed by atoms with E-state index in [0.717, 1.165) is 4.88 Å². The van der Waals surface area contributed by atoms with Crippen LogP contribution in [0.5, 0.6) is 0 Å². The summed E-state index contributed by atoms with van der Waals surface area (Å²) >= 11 is 6.68. The van der Waals surface area contributed by atoms with E-state index in [-0.39, 0.29) is 5.97 Å². The van der Waals surface area contributed by atoms with Crippen molar-refractivity contribution in [3.8, 4) is 0 Å². The minimum absolute atomic E-state index is 0.329. The molecule has 0 saturated heterocycles.